The fraction of sp³-hybridized carbons (Fsp3) is 0.345. The largest absolute Gasteiger partial charge is 0.456 e. The van der Waals surface area contributed by atoms with Crippen molar-refractivity contribution in [3.05, 3.63) is 81.9 Å². The van der Waals surface area contributed by atoms with Crippen molar-refractivity contribution in [1.82, 2.24) is 4.90 Å². The summed E-state index contributed by atoms with van der Waals surface area (Å²) in [5, 5.41) is 6.91. The Morgan fingerprint density at radius 1 is 0.886 bits per heavy atom. The SMILES string of the molecule is CCNc1cc2c(cc1C)C1(c3cc(C)c(NCC)cc3O2)c2ccccc2C(=O)N1CCCN. The average molecular weight is 471 g/mol. The first-order valence-corrected chi connectivity index (χ1v) is 12.5. The lowest BCUT2D eigenvalue weighted by molar-refractivity contribution is 0.0664. The predicted molar refractivity (Wildman–Crippen MR) is 142 cm³/mol. The summed E-state index contributed by atoms with van der Waals surface area (Å²) in [6.45, 7) is 11.1. The number of rotatable bonds is 7. The van der Waals surface area contributed by atoms with Crippen molar-refractivity contribution < 1.29 is 9.53 Å². The van der Waals surface area contributed by atoms with Gasteiger partial charge in [-0.25, -0.2) is 0 Å². The topological polar surface area (TPSA) is 79.6 Å². The summed E-state index contributed by atoms with van der Waals surface area (Å²) in [5.74, 6) is 1.58. The lowest BCUT2D eigenvalue weighted by atomic mass is 9.73. The van der Waals surface area contributed by atoms with Crippen molar-refractivity contribution in [3.8, 4) is 11.5 Å². The van der Waals surface area contributed by atoms with Gasteiger partial charge in [0.25, 0.3) is 5.91 Å². The third kappa shape index (κ3) is 3.39. The van der Waals surface area contributed by atoms with E-state index in [2.05, 4.69) is 68.7 Å². The molecule has 0 saturated heterocycles. The van der Waals surface area contributed by atoms with Gasteiger partial charge in [-0.15, -0.1) is 0 Å². The van der Waals surface area contributed by atoms with Gasteiger partial charge in [-0.2, -0.15) is 0 Å². The second-order valence-corrected chi connectivity index (χ2v) is 9.34. The van der Waals surface area contributed by atoms with Gasteiger partial charge in [-0.3, -0.25) is 4.79 Å². The van der Waals surface area contributed by atoms with Crippen LogP contribution in [0.15, 0.2) is 48.5 Å². The molecule has 182 valence electrons. The Kier molecular flexibility index (Phi) is 5.93. The smallest absolute Gasteiger partial charge is 0.255 e. The van der Waals surface area contributed by atoms with Crippen LogP contribution in [0.3, 0.4) is 0 Å². The quantitative estimate of drug-likeness (QED) is 0.433. The van der Waals surface area contributed by atoms with Crippen LogP contribution >= 0.6 is 0 Å². The fourth-order valence-corrected chi connectivity index (χ4v) is 5.66. The van der Waals surface area contributed by atoms with Gasteiger partial charge in [0.2, 0.25) is 0 Å². The third-order valence-electron chi connectivity index (χ3n) is 7.17. The minimum Gasteiger partial charge on any atom is -0.456 e. The molecule has 3 aromatic rings. The number of hydrogen-bond acceptors (Lipinski definition) is 5. The summed E-state index contributed by atoms with van der Waals surface area (Å²) in [4.78, 5) is 15.9. The van der Waals surface area contributed by atoms with E-state index >= 15 is 0 Å². The molecule has 6 heteroatoms. The van der Waals surface area contributed by atoms with Crippen LogP contribution in [-0.4, -0.2) is 37.0 Å². The number of carbonyl (C=O) groups is 1. The highest BCUT2D eigenvalue weighted by Crippen LogP contribution is 2.58. The molecule has 1 amide bonds. The standard InChI is InChI=1S/C29H34N4O2/c1-5-31-24-16-26-22(14-18(24)3)29(23-15-19(4)25(32-6-2)17-27(23)35-26)21-11-8-7-10-20(21)28(34)33(29)13-9-12-30/h7-8,10-11,14-17,31-32H,5-6,9,12-13,30H2,1-4H3. The summed E-state index contributed by atoms with van der Waals surface area (Å²) in [5.41, 5.74) is 13.2. The molecular formula is C29H34N4O2. The summed E-state index contributed by atoms with van der Waals surface area (Å²) in [7, 11) is 0. The molecule has 0 aromatic heterocycles. The molecule has 0 aliphatic carbocycles. The maximum absolute atomic E-state index is 13.9. The molecule has 3 aromatic carbocycles. The highest BCUT2D eigenvalue weighted by atomic mass is 16.5. The molecule has 2 aliphatic heterocycles. The predicted octanol–water partition coefficient (Wildman–Crippen LogP) is 5.37. The zero-order valence-electron chi connectivity index (χ0n) is 21.0. The number of ether oxygens (including phenoxy) is 1. The number of carbonyl (C=O) groups excluding carboxylic acids is 1. The summed E-state index contributed by atoms with van der Waals surface area (Å²) in [6.07, 6.45) is 0.718. The number of nitrogens with one attached hydrogen (secondary N) is 2. The minimum absolute atomic E-state index is 0.0367. The van der Waals surface area contributed by atoms with Crippen LogP contribution in [0.5, 0.6) is 11.5 Å². The zero-order valence-corrected chi connectivity index (χ0v) is 21.0. The Balaban J connectivity index is 1.88. The van der Waals surface area contributed by atoms with E-state index in [0.717, 1.165) is 75.8 Å². The lowest BCUT2D eigenvalue weighted by Gasteiger charge is -2.45. The molecular weight excluding hydrogens is 436 g/mol. The maximum Gasteiger partial charge on any atom is 0.255 e. The fourth-order valence-electron chi connectivity index (χ4n) is 5.66. The maximum atomic E-state index is 13.9. The monoisotopic (exact) mass is 470 g/mol. The number of aryl methyl sites for hydroxylation is 2. The van der Waals surface area contributed by atoms with Crippen LogP contribution in [0, 0.1) is 13.8 Å². The summed E-state index contributed by atoms with van der Waals surface area (Å²) < 4.78 is 6.61. The van der Waals surface area contributed by atoms with Crippen LogP contribution in [0.1, 0.15) is 58.4 Å². The van der Waals surface area contributed by atoms with E-state index in [1.807, 2.05) is 23.1 Å². The molecule has 0 radical (unpaired) electrons. The van der Waals surface area contributed by atoms with E-state index in [0.29, 0.717) is 13.1 Å². The number of nitrogens with zero attached hydrogens (tertiary/aromatic N) is 1. The Morgan fingerprint density at radius 2 is 1.46 bits per heavy atom. The number of amides is 1. The van der Waals surface area contributed by atoms with E-state index in [-0.39, 0.29) is 5.91 Å². The van der Waals surface area contributed by atoms with Crippen LogP contribution < -0.4 is 21.1 Å². The van der Waals surface area contributed by atoms with Crippen molar-refractivity contribution >= 4 is 17.3 Å². The molecule has 6 nitrogen and oxygen atoms in total. The van der Waals surface area contributed by atoms with Gasteiger partial charge in [0.05, 0.1) is 0 Å². The van der Waals surface area contributed by atoms with Crippen LogP contribution in [0.25, 0.3) is 0 Å². The second kappa shape index (κ2) is 8.93. The third-order valence-corrected chi connectivity index (χ3v) is 7.17. The Bertz CT molecular complexity index is 1240. The van der Waals surface area contributed by atoms with Gasteiger partial charge in [0.1, 0.15) is 17.0 Å². The molecule has 4 N–H and O–H groups in total. The second-order valence-electron chi connectivity index (χ2n) is 9.34. The molecule has 35 heavy (non-hydrogen) atoms. The van der Waals surface area contributed by atoms with Crippen molar-refractivity contribution in [2.24, 2.45) is 5.73 Å². The Labute approximate surface area is 207 Å². The average Bonchev–Trinajstić information content (AvgIpc) is 3.09. The van der Waals surface area contributed by atoms with Gasteiger partial charge < -0.3 is 26.0 Å². The number of hydrogen-bond donors (Lipinski definition) is 3. The molecule has 0 unspecified atom stereocenters. The molecule has 0 bridgehead atoms. The van der Waals surface area contributed by atoms with Crippen molar-refractivity contribution in [2.75, 3.05) is 36.8 Å². The van der Waals surface area contributed by atoms with Gasteiger partial charge >= 0.3 is 0 Å². The molecule has 0 fully saturated rings. The van der Waals surface area contributed by atoms with Gasteiger partial charge in [0.15, 0.2) is 0 Å². The van der Waals surface area contributed by atoms with Crippen molar-refractivity contribution in [3.63, 3.8) is 0 Å². The van der Waals surface area contributed by atoms with E-state index in [4.69, 9.17) is 10.5 Å². The molecule has 2 aliphatic rings. The normalized spacial score (nSPS) is 14.9. The van der Waals surface area contributed by atoms with E-state index in [9.17, 15) is 4.79 Å². The molecule has 1 spiro atoms. The van der Waals surface area contributed by atoms with Crippen molar-refractivity contribution in [2.45, 2.75) is 39.7 Å². The van der Waals surface area contributed by atoms with Gasteiger partial charge in [-0.1, -0.05) is 18.2 Å². The van der Waals surface area contributed by atoms with Gasteiger partial charge in [0, 0.05) is 59.8 Å². The number of benzene rings is 3. The number of nitrogens with two attached hydrogens (primary N) is 1. The van der Waals surface area contributed by atoms with E-state index in [1.54, 1.807) is 0 Å². The number of anilines is 2. The molecule has 0 saturated carbocycles. The van der Waals surface area contributed by atoms with Crippen LogP contribution in [0.2, 0.25) is 0 Å². The number of fused-ring (bicyclic) bond motifs is 6. The highest BCUT2D eigenvalue weighted by molar-refractivity contribution is 6.02. The summed E-state index contributed by atoms with van der Waals surface area (Å²) >= 11 is 0. The van der Waals surface area contributed by atoms with Gasteiger partial charge in [-0.05, 0) is 75.5 Å². The first-order chi connectivity index (χ1) is 17.0. The first kappa shape index (κ1) is 23.2. The highest BCUT2D eigenvalue weighted by Gasteiger charge is 2.56. The van der Waals surface area contributed by atoms with Crippen LogP contribution in [0.4, 0.5) is 11.4 Å². The first-order valence-electron chi connectivity index (χ1n) is 12.5. The summed E-state index contributed by atoms with van der Waals surface area (Å²) in [6, 6.07) is 16.5. The Hall–Kier alpha value is -3.51. The van der Waals surface area contributed by atoms with E-state index in [1.165, 1.54) is 0 Å². The molecule has 2 heterocycles. The zero-order chi connectivity index (χ0) is 24.7. The van der Waals surface area contributed by atoms with Crippen molar-refractivity contribution in [1.29, 1.82) is 0 Å². The Morgan fingerprint density at radius 3 is 2.00 bits per heavy atom. The van der Waals surface area contributed by atoms with E-state index < -0.39 is 5.54 Å². The minimum atomic E-state index is -0.781. The molecule has 0 atom stereocenters. The lowest BCUT2D eigenvalue weighted by Crippen LogP contribution is -2.48. The molecule has 5 rings (SSSR count). The van der Waals surface area contributed by atoms with Crippen LogP contribution in [-0.2, 0) is 5.54 Å².